The fraction of sp³-hybridized carbons (Fsp3) is 0. The van der Waals surface area contributed by atoms with E-state index in [4.69, 9.17) is 6.15 Å². The molecule has 1 heterocycles. The predicted molar refractivity (Wildman–Crippen MR) is 44.9 cm³/mol. The molecule has 0 unspecified atom stereocenters. The van der Waals surface area contributed by atoms with Gasteiger partial charge in [-0.1, -0.05) is 0 Å². The molecular weight excluding hydrogens is 391 g/mol. The van der Waals surface area contributed by atoms with E-state index in [9.17, 15) is 9.59 Å². The van der Waals surface area contributed by atoms with Gasteiger partial charge in [-0.15, -0.1) is 0 Å². The van der Waals surface area contributed by atoms with Crippen LogP contribution in [0.2, 0.25) is 0 Å². The van der Waals surface area contributed by atoms with Crippen LogP contribution in [0, 0.1) is 0 Å². The van der Waals surface area contributed by atoms with Gasteiger partial charge in [-0.2, -0.15) is 0 Å². The first-order chi connectivity index (χ1) is 4.99. The molecule has 0 aromatic rings. The van der Waals surface area contributed by atoms with E-state index in [1.807, 2.05) is 0 Å². The number of carbonyl (C=O) groups excluding carboxylic acids is 2. The van der Waals surface area contributed by atoms with E-state index in [0.717, 1.165) is 12.2 Å². The molecule has 0 atom stereocenters. The number of halogens is 2. The molecule has 1 rings (SSSR count). The van der Waals surface area contributed by atoms with Crippen molar-refractivity contribution in [2.24, 2.45) is 0 Å². The van der Waals surface area contributed by atoms with Crippen LogP contribution >= 0.6 is 25.4 Å². The molecule has 7 heteroatoms. The van der Waals surface area contributed by atoms with Crippen molar-refractivity contribution in [3.05, 3.63) is 12.2 Å². The van der Waals surface area contributed by atoms with Crippen LogP contribution in [-0.2, 0) is 15.7 Å². The van der Waals surface area contributed by atoms with Gasteiger partial charge in [0.25, 0.3) is 0 Å². The molecule has 1 aliphatic rings. The van der Waals surface area contributed by atoms with Gasteiger partial charge in [-0.3, -0.25) is 0 Å². The fourth-order valence-corrected chi connectivity index (χ4v) is 6.58. The molecule has 60 valence electrons. The summed E-state index contributed by atoms with van der Waals surface area (Å²) in [5.74, 6) is -1.14. The molecule has 0 spiro atoms. The van der Waals surface area contributed by atoms with E-state index >= 15 is 0 Å². The Kier molecular flexibility index (Phi) is 2.98. The Morgan fingerprint density at radius 2 is 1.45 bits per heavy atom. The van der Waals surface area contributed by atoms with Crippen molar-refractivity contribution in [2.45, 2.75) is 0 Å². The van der Waals surface area contributed by atoms with Crippen molar-refractivity contribution in [1.29, 1.82) is 0 Å². The van der Waals surface area contributed by atoms with E-state index in [1.54, 1.807) is 0 Å². The fourth-order valence-electron chi connectivity index (χ4n) is 0.459. The van der Waals surface area contributed by atoms with Crippen LogP contribution in [0.3, 0.4) is 0 Å². The summed E-state index contributed by atoms with van der Waals surface area (Å²) in [6, 6.07) is 0. The molecule has 0 aromatic carbocycles. The van der Waals surface area contributed by atoms with Crippen LogP contribution in [0.1, 0.15) is 0 Å². The van der Waals surface area contributed by atoms with E-state index in [0.29, 0.717) is 0 Å². The van der Waals surface area contributed by atoms with Gasteiger partial charge in [0.15, 0.2) is 0 Å². The summed E-state index contributed by atoms with van der Waals surface area (Å²) in [5, 5.41) is 0. The minimum absolute atomic E-state index is 0.569. The summed E-state index contributed by atoms with van der Waals surface area (Å²) < 4.78 is 9.49. The van der Waals surface area contributed by atoms with Crippen molar-refractivity contribution in [3.8, 4) is 0 Å². The van der Waals surface area contributed by atoms with Crippen LogP contribution in [0.4, 0.5) is 0 Å². The molecule has 0 aromatic heterocycles. The quantitative estimate of drug-likeness (QED) is 0.574. The van der Waals surface area contributed by atoms with Gasteiger partial charge >= 0.3 is 80.0 Å². The Hall–Kier alpha value is 0.439. The minimum atomic E-state index is -3.61. The summed E-state index contributed by atoms with van der Waals surface area (Å²) in [7, 11) is 0. The third kappa shape index (κ3) is 3.12. The second-order valence-electron chi connectivity index (χ2n) is 1.64. The van der Waals surface area contributed by atoms with Crippen LogP contribution < -0.4 is 0 Å². The molecule has 0 N–H and O–H groups in total. The van der Waals surface area contributed by atoms with Gasteiger partial charge in [-0.25, -0.2) is 0 Å². The normalized spacial score (nSPS) is 22.0. The summed E-state index contributed by atoms with van der Waals surface area (Å²) >= 11 is 2.44. The maximum atomic E-state index is 10.7. The Bertz CT molecular complexity index is 214. The van der Waals surface area contributed by atoms with Crippen LogP contribution in [-0.4, -0.2) is 26.7 Å². The number of hydrogen-bond donors (Lipinski definition) is 0. The summed E-state index contributed by atoms with van der Waals surface area (Å²) in [5.41, 5.74) is 0. The molecule has 0 fully saturated rings. The van der Waals surface area contributed by atoms with Crippen LogP contribution in [0.5, 0.6) is 0 Å². The van der Waals surface area contributed by atoms with Gasteiger partial charge in [0.1, 0.15) is 0 Å². The van der Waals surface area contributed by atoms with Gasteiger partial charge in [0, 0.05) is 0 Å². The van der Waals surface area contributed by atoms with Gasteiger partial charge in [-0.05, 0) is 0 Å². The third-order valence-corrected chi connectivity index (χ3v) is 7.64. The molecule has 0 amide bonds. The van der Waals surface area contributed by atoms with Crippen LogP contribution in [0.15, 0.2) is 12.2 Å². The first kappa shape index (κ1) is 9.53. The molecular formula is C4H2Br2O4Sn. The number of rotatable bonds is 0. The van der Waals surface area contributed by atoms with Gasteiger partial charge < -0.3 is 0 Å². The SMILES string of the molecule is O=C1C=CC(=O)[O][Sn]([Br])([Br])[O]1. The molecule has 0 saturated heterocycles. The average molecular weight is 393 g/mol. The van der Waals surface area contributed by atoms with E-state index in [2.05, 4.69) is 25.4 Å². The van der Waals surface area contributed by atoms with E-state index in [1.165, 1.54) is 0 Å². The van der Waals surface area contributed by atoms with Crippen molar-refractivity contribution < 1.29 is 15.7 Å². The van der Waals surface area contributed by atoms with Gasteiger partial charge in [0.05, 0.1) is 0 Å². The van der Waals surface area contributed by atoms with Crippen molar-refractivity contribution in [2.75, 3.05) is 0 Å². The Morgan fingerprint density at radius 1 is 1.09 bits per heavy atom. The first-order valence-electron chi connectivity index (χ1n) is 2.51. The third-order valence-electron chi connectivity index (χ3n) is 0.794. The maximum absolute atomic E-state index is 10.7. The standard InChI is InChI=1S/C4H4O4.2BrH.Sn/c5-3(6)1-2-4(7)8;;;/h1-2H,(H,5,6)(H,7,8);2*1H;/q;;;+4/p-4. The molecule has 0 saturated carbocycles. The summed E-state index contributed by atoms with van der Waals surface area (Å²) in [4.78, 5) is 21.4. The van der Waals surface area contributed by atoms with Crippen LogP contribution in [0.25, 0.3) is 0 Å². The zero-order valence-electron chi connectivity index (χ0n) is 5.04. The number of carbonyl (C=O) groups is 2. The molecule has 0 radical (unpaired) electrons. The summed E-state index contributed by atoms with van der Waals surface area (Å²) in [6.07, 6.45) is 2.06. The van der Waals surface area contributed by atoms with Gasteiger partial charge in [0.2, 0.25) is 0 Å². The molecule has 11 heavy (non-hydrogen) atoms. The number of hydrogen-bond acceptors (Lipinski definition) is 4. The first-order valence-corrected chi connectivity index (χ1v) is 17.6. The molecule has 0 bridgehead atoms. The zero-order valence-corrected chi connectivity index (χ0v) is 11.1. The second-order valence-corrected chi connectivity index (χ2v) is 26.6. The Morgan fingerprint density at radius 3 is 1.82 bits per heavy atom. The van der Waals surface area contributed by atoms with E-state index < -0.39 is 26.7 Å². The predicted octanol–water partition coefficient (Wildman–Crippen LogP) is 0.868. The summed E-state index contributed by atoms with van der Waals surface area (Å²) in [6.45, 7) is 0. The van der Waals surface area contributed by atoms with Crippen molar-refractivity contribution in [3.63, 3.8) is 0 Å². The average Bonchev–Trinajstić information content (AvgIpc) is 1.89. The Labute approximate surface area is 79.4 Å². The van der Waals surface area contributed by atoms with E-state index in [-0.39, 0.29) is 0 Å². The van der Waals surface area contributed by atoms with Crippen molar-refractivity contribution >= 4 is 52.1 Å². The Balaban J connectivity index is 2.82. The topological polar surface area (TPSA) is 52.6 Å². The molecule has 1 aliphatic heterocycles. The zero-order chi connectivity index (χ0) is 8.48. The molecule has 4 nitrogen and oxygen atoms in total. The molecule has 0 aliphatic carbocycles. The second kappa shape index (κ2) is 3.44. The van der Waals surface area contributed by atoms with Crippen molar-refractivity contribution in [1.82, 2.24) is 0 Å². The monoisotopic (exact) mass is 392 g/mol.